The fraction of sp³-hybridized carbons (Fsp3) is 0.412. The van der Waals surface area contributed by atoms with E-state index in [0.29, 0.717) is 5.92 Å². The number of aliphatic hydroxyl groups is 1. The van der Waals surface area contributed by atoms with Crippen molar-refractivity contribution in [3.8, 4) is 0 Å². The molecule has 1 aliphatic carbocycles. The van der Waals surface area contributed by atoms with Gasteiger partial charge in [0.15, 0.2) is 5.82 Å². The van der Waals surface area contributed by atoms with Gasteiger partial charge in [-0.05, 0) is 18.8 Å². The molecule has 5 heteroatoms. The van der Waals surface area contributed by atoms with Crippen molar-refractivity contribution in [2.45, 2.75) is 37.5 Å². The lowest BCUT2D eigenvalue weighted by Gasteiger charge is -2.34. The average Bonchev–Trinajstić information content (AvgIpc) is 3.16. The highest BCUT2D eigenvalue weighted by Gasteiger charge is 2.35. The summed E-state index contributed by atoms with van der Waals surface area (Å²) in [6, 6.07) is 10.2. The molecule has 4 rings (SSSR count). The first kappa shape index (κ1) is 14.0. The average molecular weight is 315 g/mol. The Balaban J connectivity index is 1.70. The van der Waals surface area contributed by atoms with Crippen LogP contribution in [0.25, 0.3) is 0 Å². The number of rotatable bonds is 3. The Morgan fingerprint density at radius 1 is 1.14 bits per heavy atom. The van der Waals surface area contributed by atoms with Crippen LogP contribution in [0.2, 0.25) is 0 Å². The Labute approximate surface area is 133 Å². The van der Waals surface area contributed by atoms with Gasteiger partial charge in [-0.25, -0.2) is 9.98 Å². The summed E-state index contributed by atoms with van der Waals surface area (Å²) in [7, 11) is 0. The van der Waals surface area contributed by atoms with Gasteiger partial charge in [-0.2, -0.15) is 0 Å². The fourth-order valence-corrected chi connectivity index (χ4v) is 5.97. The van der Waals surface area contributed by atoms with Gasteiger partial charge in [0.1, 0.15) is 16.8 Å². The van der Waals surface area contributed by atoms with Crippen LogP contribution in [0, 0.1) is 5.92 Å². The molecule has 2 aromatic rings. The molecule has 1 fully saturated rings. The van der Waals surface area contributed by atoms with Crippen molar-refractivity contribution in [2.75, 3.05) is 0 Å². The number of thiol groups is 1. The number of fused-ring (bicyclic) bond motifs is 1. The Morgan fingerprint density at radius 2 is 1.91 bits per heavy atom. The second kappa shape index (κ2) is 5.89. The summed E-state index contributed by atoms with van der Waals surface area (Å²) in [4.78, 5) is 8.98. The first-order valence-corrected chi connectivity index (χ1v) is 9.35. The molecule has 22 heavy (non-hydrogen) atoms. The SMILES string of the molecule is OC(C1CCCCC1)[SH]1C(c2ccccc2)=Nc2cncn21. The predicted octanol–water partition coefficient (Wildman–Crippen LogP) is 3.64. The monoisotopic (exact) mass is 315 g/mol. The van der Waals surface area contributed by atoms with Crippen molar-refractivity contribution in [3.05, 3.63) is 48.4 Å². The van der Waals surface area contributed by atoms with E-state index in [9.17, 15) is 5.11 Å². The van der Waals surface area contributed by atoms with Crippen molar-refractivity contribution in [1.29, 1.82) is 0 Å². The van der Waals surface area contributed by atoms with E-state index in [4.69, 9.17) is 4.99 Å². The topological polar surface area (TPSA) is 50.4 Å². The van der Waals surface area contributed by atoms with Crippen molar-refractivity contribution >= 4 is 21.9 Å². The zero-order valence-electron chi connectivity index (χ0n) is 12.5. The van der Waals surface area contributed by atoms with Gasteiger partial charge >= 0.3 is 0 Å². The van der Waals surface area contributed by atoms with Crippen molar-refractivity contribution < 1.29 is 5.11 Å². The molecule has 0 radical (unpaired) electrons. The van der Waals surface area contributed by atoms with Crippen molar-refractivity contribution in [3.63, 3.8) is 0 Å². The summed E-state index contributed by atoms with van der Waals surface area (Å²) in [6.45, 7) is 0. The summed E-state index contributed by atoms with van der Waals surface area (Å²) < 4.78 is 2.09. The summed E-state index contributed by atoms with van der Waals surface area (Å²) >= 11 is -0.888. The highest BCUT2D eigenvalue weighted by molar-refractivity contribution is 8.29. The van der Waals surface area contributed by atoms with Crippen LogP contribution in [0.5, 0.6) is 0 Å². The third-order valence-electron chi connectivity index (χ3n) is 4.62. The van der Waals surface area contributed by atoms with Gasteiger partial charge in [-0.1, -0.05) is 60.7 Å². The molecule has 0 spiro atoms. The molecule has 1 saturated carbocycles. The van der Waals surface area contributed by atoms with Crippen LogP contribution in [-0.2, 0) is 0 Å². The summed E-state index contributed by atoms with van der Waals surface area (Å²) in [5, 5.41) is 12.1. The molecule has 0 amide bonds. The molecule has 4 nitrogen and oxygen atoms in total. The molecule has 1 aromatic carbocycles. The van der Waals surface area contributed by atoms with Crippen LogP contribution < -0.4 is 0 Å². The van der Waals surface area contributed by atoms with E-state index in [1.54, 1.807) is 6.20 Å². The van der Waals surface area contributed by atoms with Gasteiger partial charge in [-0.15, -0.1) is 0 Å². The molecule has 2 atom stereocenters. The molecule has 116 valence electrons. The number of benzene rings is 1. The number of hydrogen-bond donors (Lipinski definition) is 2. The summed E-state index contributed by atoms with van der Waals surface area (Å²) in [6.07, 6.45) is 9.65. The van der Waals surface area contributed by atoms with E-state index in [0.717, 1.165) is 29.3 Å². The largest absolute Gasteiger partial charge is 0.382 e. The zero-order valence-corrected chi connectivity index (χ0v) is 13.4. The van der Waals surface area contributed by atoms with Crippen LogP contribution in [0.1, 0.15) is 37.7 Å². The van der Waals surface area contributed by atoms with Crippen LogP contribution in [0.4, 0.5) is 5.82 Å². The molecular weight excluding hydrogens is 294 g/mol. The van der Waals surface area contributed by atoms with Crippen LogP contribution in [0.15, 0.2) is 47.8 Å². The minimum absolute atomic E-state index is 0.329. The van der Waals surface area contributed by atoms with Crippen LogP contribution in [0.3, 0.4) is 0 Å². The molecule has 1 aromatic heterocycles. The molecular formula is C17H21N3OS. The summed E-state index contributed by atoms with van der Waals surface area (Å²) in [5.41, 5.74) is 0.789. The molecule has 1 aliphatic heterocycles. The molecule has 1 N–H and O–H groups in total. The lowest BCUT2D eigenvalue weighted by Crippen LogP contribution is -2.27. The Morgan fingerprint density at radius 3 is 2.68 bits per heavy atom. The first-order chi connectivity index (χ1) is 10.8. The van der Waals surface area contributed by atoms with Crippen LogP contribution in [-0.4, -0.2) is 24.5 Å². The van der Waals surface area contributed by atoms with E-state index in [-0.39, 0.29) is 5.44 Å². The molecule has 2 aliphatic rings. The van der Waals surface area contributed by atoms with Gasteiger partial charge in [0.2, 0.25) is 0 Å². The maximum atomic E-state index is 11.1. The Hall–Kier alpha value is -1.59. The lowest BCUT2D eigenvalue weighted by molar-refractivity contribution is 0.158. The van der Waals surface area contributed by atoms with E-state index < -0.39 is 11.1 Å². The number of hydrogen-bond acceptors (Lipinski definition) is 3. The third-order valence-corrected chi connectivity index (χ3v) is 7.11. The number of nitrogens with zero attached hydrogens (tertiary/aromatic N) is 3. The van der Waals surface area contributed by atoms with E-state index in [1.165, 1.54) is 19.3 Å². The Kier molecular flexibility index (Phi) is 3.76. The smallest absolute Gasteiger partial charge is 0.162 e. The van der Waals surface area contributed by atoms with Crippen molar-refractivity contribution in [2.24, 2.45) is 10.9 Å². The Bertz CT molecular complexity index is 676. The quantitative estimate of drug-likeness (QED) is 0.850. The number of aliphatic hydroxyl groups excluding tert-OH is 1. The highest BCUT2D eigenvalue weighted by Crippen LogP contribution is 2.50. The van der Waals surface area contributed by atoms with Crippen LogP contribution >= 0.6 is 11.1 Å². The zero-order chi connectivity index (χ0) is 14.9. The number of imidazole rings is 1. The van der Waals surface area contributed by atoms with Gasteiger partial charge in [-0.3, -0.25) is 3.97 Å². The number of aromatic nitrogens is 2. The second-order valence-electron chi connectivity index (χ2n) is 6.05. The van der Waals surface area contributed by atoms with E-state index in [1.807, 2.05) is 24.5 Å². The third kappa shape index (κ3) is 2.38. The fourth-order valence-electron chi connectivity index (χ4n) is 3.46. The predicted molar refractivity (Wildman–Crippen MR) is 91.8 cm³/mol. The van der Waals surface area contributed by atoms with E-state index >= 15 is 0 Å². The standard InChI is InChI=1S/C17H21N3OS/c21-17(14-9-5-2-6-10-14)22-16(13-7-3-1-4-8-13)19-15-11-18-12-20(15)22/h1,3-4,7-8,11-12,14,17,21-22H,2,5-6,9-10H2. The highest BCUT2D eigenvalue weighted by atomic mass is 32.2. The first-order valence-electron chi connectivity index (χ1n) is 7.98. The molecule has 2 unspecified atom stereocenters. The maximum Gasteiger partial charge on any atom is 0.162 e. The minimum Gasteiger partial charge on any atom is -0.382 e. The second-order valence-corrected chi connectivity index (χ2v) is 8.13. The van der Waals surface area contributed by atoms with Gasteiger partial charge in [0.25, 0.3) is 0 Å². The van der Waals surface area contributed by atoms with Crippen molar-refractivity contribution in [1.82, 2.24) is 8.96 Å². The van der Waals surface area contributed by atoms with Gasteiger partial charge in [0, 0.05) is 5.56 Å². The lowest BCUT2D eigenvalue weighted by atomic mass is 9.90. The van der Waals surface area contributed by atoms with E-state index in [2.05, 4.69) is 21.1 Å². The van der Waals surface area contributed by atoms with Gasteiger partial charge in [0.05, 0.1) is 6.20 Å². The minimum atomic E-state index is -0.888. The molecule has 0 bridgehead atoms. The normalized spacial score (nSPS) is 24.8. The molecule has 0 saturated heterocycles. The molecule has 2 heterocycles. The summed E-state index contributed by atoms with van der Waals surface area (Å²) in [5.74, 6) is 1.27. The maximum absolute atomic E-state index is 11.1. The number of aliphatic imine (C=N–C) groups is 1. The van der Waals surface area contributed by atoms with Gasteiger partial charge < -0.3 is 5.11 Å².